The lowest BCUT2D eigenvalue weighted by atomic mass is 9.39. The fourth-order valence-electron chi connectivity index (χ4n) is 3.49. The smallest absolute Gasteiger partial charge is 0.186 e. The molecule has 1 aromatic rings. The van der Waals surface area contributed by atoms with Crippen LogP contribution in [0.1, 0.15) is 0 Å². The molecule has 5 heteroatoms. The Hall–Kier alpha value is -3.80. The second-order valence-electron chi connectivity index (χ2n) is 5.82. The molecule has 0 bridgehead atoms. The Kier molecular flexibility index (Phi) is 3.86. The first kappa shape index (κ1) is 16.1. The van der Waals surface area contributed by atoms with Gasteiger partial charge in [-0.3, -0.25) is 0 Å². The Balaban J connectivity index is 2.14. The molecule has 0 spiro atoms. The SMILES string of the molecule is N#CC1(C#N)[C@@H]2\C=C/C=C\C=C(\Oc3ccccc3)[C@H]2C1(C#N)C#N. The summed E-state index contributed by atoms with van der Waals surface area (Å²) in [5, 5.41) is 38.7. The number of fused-ring (bicyclic) bond motifs is 1. The average molecular weight is 324 g/mol. The lowest BCUT2D eigenvalue weighted by Gasteiger charge is -2.54. The van der Waals surface area contributed by atoms with Gasteiger partial charge in [0.15, 0.2) is 10.8 Å². The molecule has 2 atom stereocenters. The molecule has 5 nitrogen and oxygen atoms in total. The van der Waals surface area contributed by atoms with Crippen molar-refractivity contribution in [3.05, 3.63) is 66.5 Å². The van der Waals surface area contributed by atoms with Gasteiger partial charge in [-0.25, -0.2) is 0 Å². The Morgan fingerprint density at radius 1 is 0.800 bits per heavy atom. The normalized spacial score (nSPS) is 29.0. The highest BCUT2D eigenvalue weighted by molar-refractivity contribution is 5.51. The molecule has 0 radical (unpaired) electrons. The Bertz CT molecular complexity index is 917. The highest BCUT2D eigenvalue weighted by Crippen LogP contribution is 2.66. The molecule has 2 aliphatic rings. The first-order chi connectivity index (χ1) is 12.2. The maximum absolute atomic E-state index is 9.72. The fourth-order valence-corrected chi connectivity index (χ4v) is 3.49. The molecule has 3 rings (SSSR count). The van der Waals surface area contributed by atoms with E-state index in [1.165, 1.54) is 0 Å². The van der Waals surface area contributed by atoms with Gasteiger partial charge in [0.05, 0.1) is 30.2 Å². The van der Waals surface area contributed by atoms with E-state index in [0.717, 1.165) is 0 Å². The third-order valence-electron chi connectivity index (χ3n) is 4.74. The summed E-state index contributed by atoms with van der Waals surface area (Å²) in [6, 6.07) is 16.7. The number of rotatable bonds is 2. The summed E-state index contributed by atoms with van der Waals surface area (Å²) >= 11 is 0. The molecule has 0 aliphatic heterocycles. The van der Waals surface area contributed by atoms with E-state index in [1.807, 2.05) is 42.5 Å². The van der Waals surface area contributed by atoms with Crippen molar-refractivity contribution in [3.8, 4) is 30.0 Å². The molecule has 0 saturated heterocycles. The highest BCUT2D eigenvalue weighted by atomic mass is 16.5. The molecule has 2 aliphatic carbocycles. The van der Waals surface area contributed by atoms with Gasteiger partial charge in [0, 0.05) is 5.92 Å². The van der Waals surface area contributed by atoms with E-state index in [2.05, 4.69) is 0 Å². The van der Waals surface area contributed by atoms with Gasteiger partial charge in [-0.15, -0.1) is 0 Å². The highest BCUT2D eigenvalue weighted by Gasteiger charge is 2.76. The monoisotopic (exact) mass is 324 g/mol. The zero-order valence-corrected chi connectivity index (χ0v) is 13.1. The topological polar surface area (TPSA) is 104 Å². The molecule has 118 valence electrons. The van der Waals surface area contributed by atoms with Crippen LogP contribution in [0.2, 0.25) is 0 Å². The number of hydrogen-bond acceptors (Lipinski definition) is 5. The van der Waals surface area contributed by atoms with Gasteiger partial charge in [0.2, 0.25) is 0 Å². The third-order valence-corrected chi connectivity index (χ3v) is 4.74. The molecular formula is C20H12N4O. The Labute approximate surface area is 145 Å². The van der Waals surface area contributed by atoms with Crippen LogP contribution < -0.4 is 4.74 Å². The van der Waals surface area contributed by atoms with Crippen LogP contribution in [0.5, 0.6) is 5.75 Å². The minimum absolute atomic E-state index is 0.390. The largest absolute Gasteiger partial charge is 0.461 e. The van der Waals surface area contributed by atoms with Crippen molar-refractivity contribution in [2.24, 2.45) is 22.7 Å². The first-order valence-electron chi connectivity index (χ1n) is 7.62. The lowest BCUT2D eigenvalue weighted by molar-refractivity contribution is -0.0219. The van der Waals surface area contributed by atoms with Gasteiger partial charge < -0.3 is 4.74 Å². The van der Waals surface area contributed by atoms with Gasteiger partial charge in [-0.2, -0.15) is 21.0 Å². The second kappa shape index (κ2) is 6.01. The van der Waals surface area contributed by atoms with E-state index in [9.17, 15) is 21.0 Å². The molecule has 1 saturated carbocycles. The summed E-state index contributed by atoms with van der Waals surface area (Å²) in [5.74, 6) is -0.368. The van der Waals surface area contributed by atoms with E-state index >= 15 is 0 Å². The standard InChI is InChI=1S/C20H12N4O/c21-11-19(12-22)16-9-5-2-6-10-17(18(16)20(19,13-23)14-24)25-15-7-3-1-4-8-15/h1-10,16,18H/b6-2-,9-5-,17-10+/t16-,18+/m1/s1. The minimum Gasteiger partial charge on any atom is -0.461 e. The summed E-state index contributed by atoms with van der Waals surface area (Å²) in [5.41, 5.74) is -3.53. The fraction of sp³-hybridized carbons (Fsp3) is 0.200. The Morgan fingerprint density at radius 3 is 2.04 bits per heavy atom. The maximum Gasteiger partial charge on any atom is 0.186 e. The number of benzene rings is 1. The van der Waals surface area contributed by atoms with Crippen molar-refractivity contribution >= 4 is 0 Å². The van der Waals surface area contributed by atoms with Crippen LogP contribution in [0.15, 0.2) is 66.5 Å². The number of nitrogens with zero attached hydrogens (tertiary/aromatic N) is 4. The van der Waals surface area contributed by atoms with Crippen LogP contribution in [0.3, 0.4) is 0 Å². The van der Waals surface area contributed by atoms with E-state index in [1.54, 1.807) is 42.5 Å². The number of nitriles is 4. The number of ether oxygens (including phenoxy) is 1. The zero-order valence-electron chi connectivity index (χ0n) is 13.1. The van der Waals surface area contributed by atoms with Crippen LogP contribution in [-0.2, 0) is 0 Å². The van der Waals surface area contributed by atoms with E-state index < -0.39 is 22.7 Å². The molecule has 0 heterocycles. The van der Waals surface area contributed by atoms with Crippen molar-refractivity contribution in [1.29, 1.82) is 21.0 Å². The summed E-state index contributed by atoms with van der Waals surface area (Å²) in [4.78, 5) is 0. The number of allylic oxidation sites excluding steroid dienone is 6. The van der Waals surface area contributed by atoms with E-state index in [4.69, 9.17) is 4.74 Å². The molecular weight excluding hydrogens is 312 g/mol. The van der Waals surface area contributed by atoms with Gasteiger partial charge in [-0.1, -0.05) is 42.5 Å². The first-order valence-corrected chi connectivity index (χ1v) is 7.62. The Morgan fingerprint density at radius 2 is 1.44 bits per heavy atom. The van der Waals surface area contributed by atoms with Crippen LogP contribution >= 0.6 is 0 Å². The average Bonchev–Trinajstić information content (AvgIpc) is 2.63. The molecule has 0 amide bonds. The van der Waals surface area contributed by atoms with Crippen molar-refractivity contribution in [2.45, 2.75) is 0 Å². The molecule has 25 heavy (non-hydrogen) atoms. The maximum atomic E-state index is 9.72. The predicted octanol–water partition coefficient (Wildman–Crippen LogP) is 3.39. The van der Waals surface area contributed by atoms with Gasteiger partial charge in [0.25, 0.3) is 0 Å². The molecule has 0 aromatic heterocycles. The molecule has 1 aromatic carbocycles. The van der Waals surface area contributed by atoms with Crippen molar-refractivity contribution < 1.29 is 4.74 Å². The summed E-state index contributed by atoms with van der Waals surface area (Å²) in [7, 11) is 0. The van der Waals surface area contributed by atoms with Crippen molar-refractivity contribution in [2.75, 3.05) is 0 Å². The molecule has 1 fully saturated rings. The van der Waals surface area contributed by atoms with Gasteiger partial charge >= 0.3 is 0 Å². The predicted molar refractivity (Wildman–Crippen MR) is 87.7 cm³/mol. The van der Waals surface area contributed by atoms with Gasteiger partial charge in [0.1, 0.15) is 11.5 Å². The number of hydrogen-bond donors (Lipinski definition) is 0. The van der Waals surface area contributed by atoms with E-state index in [-0.39, 0.29) is 0 Å². The second-order valence-corrected chi connectivity index (χ2v) is 5.82. The molecule has 0 unspecified atom stereocenters. The van der Waals surface area contributed by atoms with Crippen LogP contribution in [0.25, 0.3) is 0 Å². The van der Waals surface area contributed by atoms with Crippen LogP contribution in [0, 0.1) is 68.0 Å². The summed E-state index contributed by atoms with van der Waals surface area (Å²) in [6.45, 7) is 0. The summed E-state index contributed by atoms with van der Waals surface area (Å²) < 4.78 is 5.92. The van der Waals surface area contributed by atoms with Crippen LogP contribution in [0.4, 0.5) is 0 Å². The zero-order chi connectivity index (χ0) is 17.9. The number of para-hydroxylation sites is 1. The van der Waals surface area contributed by atoms with Crippen LogP contribution in [-0.4, -0.2) is 0 Å². The summed E-state index contributed by atoms with van der Waals surface area (Å²) in [6.07, 6.45) is 8.58. The van der Waals surface area contributed by atoms with Crippen molar-refractivity contribution in [3.63, 3.8) is 0 Å². The third kappa shape index (κ3) is 2.05. The van der Waals surface area contributed by atoms with Gasteiger partial charge in [-0.05, 0) is 18.2 Å². The quantitative estimate of drug-likeness (QED) is 0.829. The molecule has 0 N–H and O–H groups in total. The lowest BCUT2D eigenvalue weighted by Crippen LogP contribution is -2.63. The van der Waals surface area contributed by atoms with E-state index in [0.29, 0.717) is 11.5 Å². The van der Waals surface area contributed by atoms with Crippen molar-refractivity contribution in [1.82, 2.24) is 0 Å². The minimum atomic E-state index is -1.79.